The van der Waals surface area contributed by atoms with Gasteiger partial charge in [0.1, 0.15) is 11.6 Å². The number of aromatic nitrogens is 2. The molecule has 0 spiro atoms. The summed E-state index contributed by atoms with van der Waals surface area (Å²) in [4.78, 5) is 4.73. The van der Waals surface area contributed by atoms with Crippen molar-refractivity contribution in [2.24, 2.45) is 0 Å². The number of anilines is 1. The van der Waals surface area contributed by atoms with Crippen LogP contribution >= 0.6 is 0 Å². The van der Waals surface area contributed by atoms with Crippen LogP contribution in [0.15, 0.2) is 36.4 Å². The summed E-state index contributed by atoms with van der Waals surface area (Å²) < 4.78 is 15.8. The zero-order valence-electron chi connectivity index (χ0n) is 11.8. The number of nitrogens with two attached hydrogens (primary N) is 1. The topological polar surface area (TPSA) is 43.8 Å². The number of nitrogen functional groups attached to an aromatic ring is 1. The average molecular weight is 281 g/mol. The standard InChI is InChI=1S/C17H16FN3/c1-10-2-4-12(19)9-14(10)17-20-15-7-3-11(18)8-16(15)21(17)13-5-6-13/h2-4,7-9,13H,5-6,19H2,1H3. The van der Waals surface area contributed by atoms with E-state index in [2.05, 4.69) is 4.57 Å². The number of imidazole rings is 1. The predicted molar refractivity (Wildman–Crippen MR) is 82.5 cm³/mol. The second-order valence-electron chi connectivity index (χ2n) is 5.74. The van der Waals surface area contributed by atoms with Crippen molar-refractivity contribution in [3.05, 3.63) is 47.8 Å². The van der Waals surface area contributed by atoms with Crippen LogP contribution in [0.25, 0.3) is 22.4 Å². The van der Waals surface area contributed by atoms with E-state index in [1.54, 1.807) is 12.1 Å². The summed E-state index contributed by atoms with van der Waals surface area (Å²) in [6.07, 6.45) is 2.24. The monoisotopic (exact) mass is 281 g/mol. The van der Waals surface area contributed by atoms with Crippen LogP contribution in [0.3, 0.4) is 0 Å². The smallest absolute Gasteiger partial charge is 0.141 e. The van der Waals surface area contributed by atoms with Gasteiger partial charge in [0, 0.05) is 17.3 Å². The second kappa shape index (κ2) is 4.32. The van der Waals surface area contributed by atoms with Gasteiger partial charge in [-0.05, 0) is 55.7 Å². The van der Waals surface area contributed by atoms with Crippen molar-refractivity contribution in [2.45, 2.75) is 25.8 Å². The summed E-state index contributed by atoms with van der Waals surface area (Å²) in [6.45, 7) is 2.05. The molecule has 0 radical (unpaired) electrons. The highest BCUT2D eigenvalue weighted by molar-refractivity contribution is 5.82. The Hall–Kier alpha value is -2.36. The molecule has 1 fully saturated rings. The maximum Gasteiger partial charge on any atom is 0.141 e. The minimum atomic E-state index is -0.222. The van der Waals surface area contributed by atoms with Crippen LogP contribution < -0.4 is 5.73 Å². The molecule has 21 heavy (non-hydrogen) atoms. The number of halogens is 1. The summed E-state index contributed by atoms with van der Waals surface area (Å²) in [5, 5.41) is 0. The van der Waals surface area contributed by atoms with Gasteiger partial charge in [0.2, 0.25) is 0 Å². The molecule has 0 bridgehead atoms. The fourth-order valence-electron chi connectivity index (χ4n) is 2.84. The van der Waals surface area contributed by atoms with E-state index in [0.717, 1.165) is 46.5 Å². The molecule has 1 aliphatic rings. The van der Waals surface area contributed by atoms with Crippen molar-refractivity contribution >= 4 is 16.7 Å². The molecule has 0 amide bonds. The van der Waals surface area contributed by atoms with Gasteiger partial charge in [-0.3, -0.25) is 0 Å². The third-order valence-electron chi connectivity index (χ3n) is 4.07. The lowest BCUT2D eigenvalue weighted by Gasteiger charge is -2.10. The Morgan fingerprint density at radius 2 is 2.00 bits per heavy atom. The largest absolute Gasteiger partial charge is 0.399 e. The van der Waals surface area contributed by atoms with Gasteiger partial charge in [-0.15, -0.1) is 0 Å². The summed E-state index contributed by atoms with van der Waals surface area (Å²) in [5.74, 6) is 0.669. The molecule has 2 aromatic carbocycles. The minimum Gasteiger partial charge on any atom is -0.399 e. The normalized spacial score (nSPS) is 14.8. The van der Waals surface area contributed by atoms with Crippen LogP contribution in [0.1, 0.15) is 24.4 Å². The number of benzene rings is 2. The molecule has 1 heterocycles. The Kier molecular flexibility index (Phi) is 2.55. The number of fused-ring (bicyclic) bond motifs is 1. The Balaban J connectivity index is 2.04. The minimum absolute atomic E-state index is 0.222. The molecule has 106 valence electrons. The van der Waals surface area contributed by atoms with Crippen molar-refractivity contribution in [3.8, 4) is 11.4 Å². The molecule has 2 N–H and O–H groups in total. The van der Waals surface area contributed by atoms with Gasteiger partial charge in [-0.1, -0.05) is 6.07 Å². The van der Waals surface area contributed by atoms with Crippen LogP contribution in [0.5, 0.6) is 0 Å². The molecule has 4 rings (SSSR count). The molecule has 0 aliphatic heterocycles. The van der Waals surface area contributed by atoms with E-state index in [1.165, 1.54) is 6.07 Å². The second-order valence-corrected chi connectivity index (χ2v) is 5.74. The van der Waals surface area contributed by atoms with Crippen molar-refractivity contribution in [1.82, 2.24) is 9.55 Å². The van der Waals surface area contributed by atoms with Crippen molar-refractivity contribution < 1.29 is 4.39 Å². The van der Waals surface area contributed by atoms with E-state index in [1.807, 2.05) is 25.1 Å². The highest BCUT2D eigenvalue weighted by atomic mass is 19.1. The Morgan fingerprint density at radius 1 is 1.19 bits per heavy atom. The molecular formula is C17H16FN3. The summed E-state index contributed by atoms with van der Waals surface area (Å²) >= 11 is 0. The first kappa shape index (κ1) is 12.4. The van der Waals surface area contributed by atoms with Gasteiger partial charge in [-0.25, -0.2) is 9.37 Å². The summed E-state index contributed by atoms with van der Waals surface area (Å²) in [6, 6.07) is 11.0. The van der Waals surface area contributed by atoms with Crippen LogP contribution in [0, 0.1) is 12.7 Å². The Morgan fingerprint density at radius 3 is 2.76 bits per heavy atom. The van der Waals surface area contributed by atoms with Crippen LogP contribution in [0.2, 0.25) is 0 Å². The molecule has 3 aromatic rings. The van der Waals surface area contributed by atoms with E-state index in [4.69, 9.17) is 10.7 Å². The molecule has 0 unspecified atom stereocenters. The summed E-state index contributed by atoms with van der Waals surface area (Å²) in [5.41, 5.74) is 10.5. The molecular weight excluding hydrogens is 265 g/mol. The number of aryl methyl sites for hydroxylation is 1. The fourth-order valence-corrected chi connectivity index (χ4v) is 2.84. The highest BCUT2D eigenvalue weighted by Gasteiger charge is 2.29. The lowest BCUT2D eigenvalue weighted by Crippen LogP contribution is -1.99. The van der Waals surface area contributed by atoms with Gasteiger partial charge in [0.25, 0.3) is 0 Å². The van der Waals surface area contributed by atoms with Crippen molar-refractivity contribution in [2.75, 3.05) is 5.73 Å². The third-order valence-corrected chi connectivity index (χ3v) is 4.07. The first-order chi connectivity index (χ1) is 10.1. The molecule has 1 saturated carbocycles. The van der Waals surface area contributed by atoms with Gasteiger partial charge >= 0.3 is 0 Å². The Bertz CT molecular complexity index is 847. The predicted octanol–water partition coefficient (Wildman–Crippen LogP) is 4.07. The van der Waals surface area contributed by atoms with E-state index in [0.29, 0.717) is 6.04 Å². The zero-order valence-corrected chi connectivity index (χ0v) is 11.8. The number of hydrogen-bond donors (Lipinski definition) is 1. The van der Waals surface area contributed by atoms with Crippen LogP contribution in [0.4, 0.5) is 10.1 Å². The SMILES string of the molecule is Cc1ccc(N)cc1-c1nc2ccc(F)cc2n1C1CC1. The van der Waals surface area contributed by atoms with E-state index in [-0.39, 0.29) is 5.82 Å². The molecule has 1 aromatic heterocycles. The number of rotatable bonds is 2. The van der Waals surface area contributed by atoms with Gasteiger partial charge < -0.3 is 10.3 Å². The zero-order chi connectivity index (χ0) is 14.6. The lowest BCUT2D eigenvalue weighted by molar-refractivity contribution is 0.628. The molecule has 4 heteroatoms. The van der Waals surface area contributed by atoms with E-state index >= 15 is 0 Å². The Labute approximate surface area is 122 Å². The van der Waals surface area contributed by atoms with Crippen molar-refractivity contribution in [3.63, 3.8) is 0 Å². The molecule has 0 atom stereocenters. The first-order valence-electron chi connectivity index (χ1n) is 7.17. The average Bonchev–Trinajstić information content (AvgIpc) is 3.22. The third kappa shape index (κ3) is 1.98. The molecule has 1 aliphatic carbocycles. The number of hydrogen-bond acceptors (Lipinski definition) is 2. The van der Waals surface area contributed by atoms with Gasteiger partial charge in [0.05, 0.1) is 11.0 Å². The first-order valence-corrected chi connectivity index (χ1v) is 7.17. The maximum absolute atomic E-state index is 13.6. The fraction of sp³-hybridized carbons (Fsp3) is 0.235. The molecule has 3 nitrogen and oxygen atoms in total. The maximum atomic E-state index is 13.6. The van der Waals surface area contributed by atoms with E-state index in [9.17, 15) is 4.39 Å². The van der Waals surface area contributed by atoms with E-state index < -0.39 is 0 Å². The lowest BCUT2D eigenvalue weighted by atomic mass is 10.1. The van der Waals surface area contributed by atoms with Gasteiger partial charge in [-0.2, -0.15) is 0 Å². The molecule has 0 saturated heterocycles. The summed E-state index contributed by atoms with van der Waals surface area (Å²) in [7, 11) is 0. The van der Waals surface area contributed by atoms with Crippen molar-refractivity contribution in [1.29, 1.82) is 0 Å². The quantitative estimate of drug-likeness (QED) is 0.720. The van der Waals surface area contributed by atoms with Crippen LogP contribution in [-0.4, -0.2) is 9.55 Å². The van der Waals surface area contributed by atoms with Gasteiger partial charge in [0.15, 0.2) is 0 Å². The van der Waals surface area contributed by atoms with Crippen LogP contribution in [-0.2, 0) is 0 Å². The number of nitrogens with zero attached hydrogens (tertiary/aromatic N) is 2. The highest BCUT2D eigenvalue weighted by Crippen LogP contribution is 2.42.